The van der Waals surface area contributed by atoms with Crippen molar-refractivity contribution < 1.29 is 51.7 Å². The third kappa shape index (κ3) is 135. The van der Waals surface area contributed by atoms with Gasteiger partial charge in [-0.1, -0.05) is 123 Å². The Balaban J connectivity index is -0.0000000157. The Bertz CT molecular complexity index is 213. The molecule has 0 spiro atoms. The fraction of sp³-hybridized carbons (Fsp3) is 0.700. The summed E-state index contributed by atoms with van der Waals surface area (Å²) in [6, 6.07) is 12.0. The number of rotatable bonds is 10. The minimum Gasteiger partial charge on any atom is -0.411 e. The Morgan fingerprint density at radius 1 is 0.514 bits per heavy atom. The van der Waals surface area contributed by atoms with Crippen molar-refractivity contribution in [2.75, 3.05) is 53.9 Å². The van der Waals surface area contributed by atoms with Gasteiger partial charge in [-0.15, -0.1) is 0 Å². The Labute approximate surface area is 254 Å². The molecule has 0 N–H and O–H groups in total. The molecule has 222 valence electrons. The molecular formula is C30H75O4Y. The van der Waals surface area contributed by atoms with E-state index in [0.717, 1.165) is 13.2 Å². The molecule has 0 aliphatic carbocycles. The SMILES string of the molecule is C.C.C.C.C.C.C.C.CC.C[CH-]COCCOC.C[CH-]COCCOC.[CH2-]C.[Y+3].c1ccccc1. The van der Waals surface area contributed by atoms with Crippen molar-refractivity contribution in [3.05, 3.63) is 56.2 Å². The second-order valence-electron chi connectivity index (χ2n) is 4.11. The quantitative estimate of drug-likeness (QED) is 0.201. The molecule has 35 heavy (non-hydrogen) atoms. The molecule has 0 aliphatic rings. The molecule has 1 rings (SSSR count). The number of benzene rings is 1. The van der Waals surface area contributed by atoms with Crippen LogP contribution in [0.25, 0.3) is 0 Å². The fourth-order valence-corrected chi connectivity index (χ4v) is 1.07. The zero-order valence-electron chi connectivity index (χ0n) is 18.8. The summed E-state index contributed by atoms with van der Waals surface area (Å²) >= 11 is 0. The third-order valence-electron chi connectivity index (χ3n) is 2.10. The molecule has 1 aromatic carbocycles. The van der Waals surface area contributed by atoms with Crippen LogP contribution in [0.15, 0.2) is 36.4 Å². The van der Waals surface area contributed by atoms with E-state index in [2.05, 4.69) is 6.92 Å². The van der Waals surface area contributed by atoms with Gasteiger partial charge in [-0.25, -0.2) is 0 Å². The Kier molecular flexibility index (Phi) is 272. The van der Waals surface area contributed by atoms with E-state index in [0.29, 0.717) is 26.4 Å². The summed E-state index contributed by atoms with van der Waals surface area (Å²) in [7, 11) is 3.33. The van der Waals surface area contributed by atoms with Gasteiger partial charge in [-0.3, -0.25) is 0 Å². The fourth-order valence-electron chi connectivity index (χ4n) is 1.07. The maximum Gasteiger partial charge on any atom is 3.00 e. The van der Waals surface area contributed by atoms with Crippen LogP contribution in [-0.4, -0.2) is 53.9 Å². The van der Waals surface area contributed by atoms with Crippen LogP contribution in [0.3, 0.4) is 0 Å². The largest absolute Gasteiger partial charge is 3.00 e. The van der Waals surface area contributed by atoms with E-state index in [-0.39, 0.29) is 92.1 Å². The molecule has 0 saturated carbocycles. The molecule has 5 heteroatoms. The van der Waals surface area contributed by atoms with Gasteiger partial charge in [0.1, 0.15) is 0 Å². The first-order valence-corrected chi connectivity index (χ1v) is 9.23. The number of hydrogen-bond donors (Lipinski definition) is 0. The van der Waals surface area contributed by atoms with Crippen LogP contribution in [0.5, 0.6) is 0 Å². The van der Waals surface area contributed by atoms with Crippen molar-refractivity contribution in [3.8, 4) is 0 Å². The smallest absolute Gasteiger partial charge is 0.411 e. The first kappa shape index (κ1) is 83.5. The summed E-state index contributed by atoms with van der Waals surface area (Å²) in [4.78, 5) is 0. The van der Waals surface area contributed by atoms with Crippen molar-refractivity contribution in [1.29, 1.82) is 0 Å². The zero-order valence-corrected chi connectivity index (χ0v) is 21.6. The maximum atomic E-state index is 5.04. The Morgan fingerprint density at radius 3 is 0.857 bits per heavy atom. The molecule has 4 nitrogen and oxygen atoms in total. The molecule has 0 bridgehead atoms. The molecule has 0 aliphatic heterocycles. The summed E-state index contributed by atoms with van der Waals surface area (Å²) in [6.07, 6.45) is 3.94. The molecular weight excluding hydrogens is 513 g/mol. The summed E-state index contributed by atoms with van der Waals surface area (Å²) in [5.41, 5.74) is 0. The normalized spacial score (nSPS) is 6.17. The monoisotopic (exact) mass is 588 g/mol. The van der Waals surface area contributed by atoms with Crippen LogP contribution in [0.2, 0.25) is 0 Å². The second kappa shape index (κ2) is 114. The third-order valence-corrected chi connectivity index (χ3v) is 2.10. The van der Waals surface area contributed by atoms with Gasteiger partial charge in [0.2, 0.25) is 0 Å². The predicted molar refractivity (Wildman–Crippen MR) is 168 cm³/mol. The first-order valence-electron chi connectivity index (χ1n) is 9.23. The molecule has 0 amide bonds. The maximum absolute atomic E-state index is 5.04. The van der Waals surface area contributed by atoms with E-state index in [1.807, 2.05) is 76.9 Å². The number of methoxy groups -OCH3 is 2. The van der Waals surface area contributed by atoms with Gasteiger partial charge in [0.15, 0.2) is 0 Å². The zero-order chi connectivity index (χ0) is 20.7. The van der Waals surface area contributed by atoms with E-state index in [1.54, 1.807) is 21.1 Å². The minimum atomic E-state index is 0. The van der Waals surface area contributed by atoms with E-state index in [1.165, 1.54) is 0 Å². The van der Waals surface area contributed by atoms with Crippen LogP contribution >= 0.6 is 0 Å². The Morgan fingerprint density at radius 2 is 0.714 bits per heavy atom. The molecule has 0 saturated heterocycles. The molecule has 0 fully saturated rings. The topological polar surface area (TPSA) is 36.9 Å². The van der Waals surface area contributed by atoms with Gasteiger partial charge in [0, 0.05) is 14.2 Å². The van der Waals surface area contributed by atoms with Crippen LogP contribution in [0.1, 0.15) is 94.0 Å². The summed E-state index contributed by atoms with van der Waals surface area (Å²) < 4.78 is 19.6. The average molecular weight is 589 g/mol. The van der Waals surface area contributed by atoms with Gasteiger partial charge in [-0.2, -0.15) is 20.8 Å². The van der Waals surface area contributed by atoms with Crippen molar-refractivity contribution in [2.24, 2.45) is 0 Å². The summed E-state index contributed by atoms with van der Waals surface area (Å²) in [6.45, 7) is 17.1. The standard InChI is InChI=1S/2C6H13O2.C6H6.C2H6.C2H5.8CH4.Y/c2*1-3-4-8-6-5-7-2;1-2-4-6-5-3-1;2*1-2;;;;;;;;;/h2*3H,4-6H2,1-2H3;1-6H;1-2H3;1H2,2H3;8*1H4;/q2*-1;;;-1;;;;;;;;;+3. The summed E-state index contributed by atoms with van der Waals surface area (Å²) in [5, 5.41) is 0. The van der Waals surface area contributed by atoms with Gasteiger partial charge >= 0.3 is 32.7 Å². The van der Waals surface area contributed by atoms with Crippen LogP contribution in [0.4, 0.5) is 0 Å². The second-order valence-corrected chi connectivity index (χ2v) is 4.11. The van der Waals surface area contributed by atoms with Gasteiger partial charge < -0.3 is 38.7 Å². The molecule has 0 atom stereocenters. The molecule has 0 aromatic heterocycles. The molecule has 0 heterocycles. The molecule has 1 aromatic rings. The van der Waals surface area contributed by atoms with Gasteiger partial charge in [0.05, 0.1) is 26.4 Å². The van der Waals surface area contributed by atoms with Crippen LogP contribution in [-0.2, 0) is 51.7 Å². The van der Waals surface area contributed by atoms with Crippen LogP contribution < -0.4 is 0 Å². The summed E-state index contributed by atoms with van der Waals surface area (Å²) in [5.74, 6) is 0. The van der Waals surface area contributed by atoms with Crippen molar-refractivity contribution in [3.63, 3.8) is 0 Å². The Hall–Kier alpha value is 0.164. The van der Waals surface area contributed by atoms with Gasteiger partial charge in [-0.05, 0) is 0 Å². The predicted octanol–water partition coefficient (Wildman–Crippen LogP) is 10.4. The van der Waals surface area contributed by atoms with Crippen molar-refractivity contribution >= 4 is 0 Å². The average Bonchev–Trinajstić information content (AvgIpc) is 2.74. The first-order chi connectivity index (χ1) is 12.8. The number of hydrogen-bond acceptors (Lipinski definition) is 4. The van der Waals surface area contributed by atoms with Gasteiger partial charge in [0.25, 0.3) is 0 Å². The number of ether oxygens (including phenoxy) is 4. The van der Waals surface area contributed by atoms with E-state index in [9.17, 15) is 0 Å². The van der Waals surface area contributed by atoms with E-state index >= 15 is 0 Å². The van der Waals surface area contributed by atoms with E-state index in [4.69, 9.17) is 18.9 Å². The van der Waals surface area contributed by atoms with Crippen LogP contribution in [0, 0.1) is 19.8 Å². The minimum absolute atomic E-state index is 0. The van der Waals surface area contributed by atoms with Crippen molar-refractivity contribution in [2.45, 2.75) is 94.0 Å². The molecule has 0 radical (unpaired) electrons. The van der Waals surface area contributed by atoms with Crippen molar-refractivity contribution in [1.82, 2.24) is 0 Å². The van der Waals surface area contributed by atoms with E-state index < -0.39 is 0 Å². The molecule has 0 unspecified atom stereocenters.